The Balaban J connectivity index is 0.865. The maximum atomic E-state index is 14.2. The summed E-state index contributed by atoms with van der Waals surface area (Å²) in [6.45, 7) is 8.53. The Labute approximate surface area is 456 Å². The number of aliphatic imine (C=N–C) groups is 1. The molecule has 0 saturated carbocycles. The van der Waals surface area contributed by atoms with Crippen molar-refractivity contribution in [2.24, 2.45) is 10.9 Å². The SMILES string of the molecule is CCNOCCCCC(=O)CCCCC(=O)N[C@@H](C)C(=O)C[C@@H](C)C(=O)Nc1cc(COc2cc3c(cc2C)C(=O)N2c4ccccc4C[C@H]2C=N3)cc(COc2cc3c(cc2OC)C(=O)N2c4ccccc4C[C@H]2CC3)c1. The Morgan fingerprint density at radius 2 is 1.40 bits per heavy atom. The molecule has 4 aliphatic heterocycles. The van der Waals surface area contributed by atoms with Gasteiger partial charge in [0.1, 0.15) is 24.7 Å². The zero-order valence-corrected chi connectivity index (χ0v) is 45.3. The molecule has 3 N–H and O–H groups in total. The highest BCUT2D eigenvalue weighted by molar-refractivity contribution is 6.15. The number of benzene rings is 5. The molecule has 0 unspecified atom stereocenters. The van der Waals surface area contributed by atoms with E-state index in [-0.39, 0.29) is 67.4 Å². The number of methoxy groups -OCH3 is 1. The van der Waals surface area contributed by atoms with E-state index in [0.29, 0.717) is 96.0 Å². The number of hydrogen-bond acceptors (Lipinski definition) is 12. The van der Waals surface area contributed by atoms with Gasteiger partial charge >= 0.3 is 0 Å². The van der Waals surface area contributed by atoms with Crippen LogP contribution in [-0.4, -0.2) is 79.8 Å². The van der Waals surface area contributed by atoms with E-state index in [1.54, 1.807) is 45.2 Å². The number of unbranched alkanes of at least 4 members (excludes halogenated alkanes) is 2. The average molecular weight is 1060 g/mol. The lowest BCUT2D eigenvalue weighted by atomic mass is 9.99. The van der Waals surface area contributed by atoms with Gasteiger partial charge in [0.25, 0.3) is 11.8 Å². The van der Waals surface area contributed by atoms with Gasteiger partial charge in [-0.05, 0) is 141 Å². The van der Waals surface area contributed by atoms with E-state index >= 15 is 0 Å². The van der Waals surface area contributed by atoms with Crippen molar-refractivity contribution in [3.63, 3.8) is 0 Å². The summed E-state index contributed by atoms with van der Waals surface area (Å²) in [5, 5.41) is 5.77. The molecule has 0 aliphatic carbocycles. The summed E-state index contributed by atoms with van der Waals surface area (Å²) < 4.78 is 18.8. The Bertz CT molecular complexity index is 3120. The number of amides is 4. The fourth-order valence-corrected chi connectivity index (χ4v) is 10.9. The second-order valence-corrected chi connectivity index (χ2v) is 20.9. The Kier molecular flexibility index (Phi) is 17.8. The van der Waals surface area contributed by atoms with Crippen LogP contribution in [0.2, 0.25) is 0 Å². The molecule has 78 heavy (non-hydrogen) atoms. The van der Waals surface area contributed by atoms with Crippen molar-refractivity contribution in [1.29, 1.82) is 0 Å². The first-order valence-electron chi connectivity index (χ1n) is 27.4. The minimum atomic E-state index is -0.811. The van der Waals surface area contributed by atoms with E-state index in [0.717, 1.165) is 60.3 Å². The van der Waals surface area contributed by atoms with Gasteiger partial charge in [0.2, 0.25) is 11.8 Å². The van der Waals surface area contributed by atoms with E-state index < -0.39 is 17.9 Å². The number of ketones is 2. The summed E-state index contributed by atoms with van der Waals surface area (Å²) in [4.78, 5) is 94.3. The molecule has 0 bridgehead atoms. The molecule has 5 aromatic carbocycles. The van der Waals surface area contributed by atoms with E-state index in [1.165, 1.54) is 5.56 Å². The van der Waals surface area contributed by atoms with Crippen molar-refractivity contribution in [2.75, 3.05) is 35.4 Å². The summed E-state index contributed by atoms with van der Waals surface area (Å²) in [6, 6.07) is 27.8. The van der Waals surface area contributed by atoms with Gasteiger partial charge < -0.3 is 34.6 Å². The smallest absolute Gasteiger partial charge is 0.261 e. The standard InChI is InChI=1S/C62H70N6O10/c1-6-64-78-24-14-13-18-49(69)17-9-12-21-59(71)65-40(4)55(70)26-39(3)60(72)66-46-28-41(36-76-56-34-52-51(25-38(56)2)62(74)68-48(35-63-52)31-45-16-8-11-20-54(45)68)27-42(29-46)37-77-58-32-43-22-23-47-30-44-15-7-10-19-53(44)67(47)61(73)50(43)33-57(58)75-5/h7-8,10-11,15-16,19-20,25,27-29,32-35,39-40,47-48,64H,6,9,12-14,17-18,21-24,26,30-31,36-37H2,1-5H3,(H,65,71)(H,66,72)/t39-,40+,47-,48+/m1/s1. The first-order valence-corrected chi connectivity index (χ1v) is 27.4. The van der Waals surface area contributed by atoms with Crippen LogP contribution >= 0.6 is 0 Å². The number of hydrogen-bond donors (Lipinski definition) is 3. The van der Waals surface area contributed by atoms with Gasteiger partial charge in [-0.1, -0.05) is 50.2 Å². The van der Waals surface area contributed by atoms with Crippen molar-refractivity contribution in [2.45, 2.75) is 136 Å². The number of nitrogens with one attached hydrogen (secondary N) is 3. The average Bonchev–Trinajstić information content (AvgIpc) is 3.99. The highest BCUT2D eigenvalue weighted by Crippen LogP contribution is 2.42. The molecule has 4 heterocycles. The number of Topliss-reactive ketones (excluding diaryl/α,β-unsaturated/α-hetero) is 2. The topological polar surface area (TPSA) is 194 Å². The van der Waals surface area contributed by atoms with Crippen LogP contribution in [0.3, 0.4) is 0 Å². The van der Waals surface area contributed by atoms with E-state index in [2.05, 4.69) is 22.2 Å². The van der Waals surface area contributed by atoms with Crippen LogP contribution in [0.25, 0.3) is 0 Å². The van der Waals surface area contributed by atoms with Gasteiger partial charge in [0.05, 0.1) is 37.1 Å². The summed E-state index contributed by atoms with van der Waals surface area (Å²) in [5.74, 6) is -0.322. The fourth-order valence-electron chi connectivity index (χ4n) is 10.9. The Morgan fingerprint density at radius 1 is 0.731 bits per heavy atom. The molecule has 5 aromatic rings. The van der Waals surface area contributed by atoms with Crippen LogP contribution in [-0.2, 0) is 56.5 Å². The summed E-state index contributed by atoms with van der Waals surface area (Å²) in [6.07, 6.45) is 8.38. The quantitative estimate of drug-likeness (QED) is 0.0372. The van der Waals surface area contributed by atoms with Crippen LogP contribution in [0.1, 0.15) is 133 Å². The van der Waals surface area contributed by atoms with Gasteiger partial charge in [0.15, 0.2) is 17.3 Å². The summed E-state index contributed by atoms with van der Waals surface area (Å²) in [7, 11) is 1.55. The number of ether oxygens (including phenoxy) is 3. The molecule has 16 heteroatoms. The predicted molar refractivity (Wildman–Crippen MR) is 299 cm³/mol. The third-order valence-electron chi connectivity index (χ3n) is 15.0. The number of carbonyl (C=O) groups excluding carboxylic acids is 6. The zero-order chi connectivity index (χ0) is 54.9. The lowest BCUT2D eigenvalue weighted by Gasteiger charge is -2.23. The number of aryl methyl sites for hydroxylation is 2. The molecular formula is C62H70N6O10. The maximum absolute atomic E-state index is 14.2. The van der Waals surface area contributed by atoms with Crippen LogP contribution in [0.5, 0.6) is 17.2 Å². The second-order valence-electron chi connectivity index (χ2n) is 20.9. The molecule has 4 aliphatic rings. The van der Waals surface area contributed by atoms with Gasteiger partial charge in [-0.25, -0.2) is 5.48 Å². The minimum Gasteiger partial charge on any atom is -0.493 e. The largest absolute Gasteiger partial charge is 0.493 e. The molecule has 0 fully saturated rings. The Morgan fingerprint density at radius 3 is 2.13 bits per heavy atom. The van der Waals surface area contributed by atoms with Gasteiger partial charge in [-0.15, -0.1) is 0 Å². The number of fused-ring (bicyclic) bond motifs is 8. The van der Waals surface area contributed by atoms with Crippen LogP contribution in [0.4, 0.5) is 22.7 Å². The van der Waals surface area contributed by atoms with E-state index in [4.69, 9.17) is 24.0 Å². The minimum absolute atomic E-state index is 0.0575. The molecule has 4 amide bonds. The summed E-state index contributed by atoms with van der Waals surface area (Å²) >= 11 is 0. The van der Waals surface area contributed by atoms with Crippen molar-refractivity contribution in [1.82, 2.24) is 10.8 Å². The Hall–Kier alpha value is -7.69. The summed E-state index contributed by atoms with van der Waals surface area (Å²) in [5.41, 5.74) is 12.0. The number of nitrogens with zero attached hydrogens (tertiary/aromatic N) is 3. The van der Waals surface area contributed by atoms with E-state index in [9.17, 15) is 28.8 Å². The fraction of sp³-hybridized carbons (Fsp3) is 0.403. The number of anilines is 3. The van der Waals surface area contributed by atoms with Crippen LogP contribution in [0.15, 0.2) is 96.0 Å². The van der Waals surface area contributed by atoms with Crippen molar-refractivity contribution in [3.8, 4) is 17.2 Å². The molecule has 4 atom stereocenters. The lowest BCUT2D eigenvalue weighted by molar-refractivity contribution is -0.129. The molecule has 408 valence electrons. The predicted octanol–water partition coefficient (Wildman–Crippen LogP) is 9.85. The molecular weight excluding hydrogens is 989 g/mol. The third-order valence-corrected chi connectivity index (χ3v) is 15.0. The zero-order valence-electron chi connectivity index (χ0n) is 45.3. The molecule has 9 rings (SSSR count). The first kappa shape index (κ1) is 55.1. The number of para-hydroxylation sites is 2. The molecule has 0 spiro atoms. The number of hydroxylamine groups is 1. The monoisotopic (exact) mass is 1060 g/mol. The highest BCUT2D eigenvalue weighted by Gasteiger charge is 2.39. The van der Waals surface area contributed by atoms with Gasteiger partial charge in [-0.3, -0.25) is 38.7 Å². The normalized spacial score (nSPS) is 16.6. The van der Waals surface area contributed by atoms with Crippen molar-refractivity contribution < 1.29 is 47.8 Å². The molecule has 16 nitrogen and oxygen atoms in total. The van der Waals surface area contributed by atoms with Gasteiger partial charge in [0, 0.05) is 85.5 Å². The van der Waals surface area contributed by atoms with E-state index in [1.807, 2.05) is 90.5 Å². The highest BCUT2D eigenvalue weighted by atomic mass is 16.6. The number of carbonyl (C=O) groups is 6. The first-order chi connectivity index (χ1) is 37.8. The second kappa shape index (κ2) is 25.2. The maximum Gasteiger partial charge on any atom is 0.261 e. The van der Waals surface area contributed by atoms with Gasteiger partial charge in [-0.2, -0.15) is 0 Å². The molecule has 0 aromatic heterocycles. The lowest BCUT2D eigenvalue weighted by Crippen LogP contribution is -2.39. The van der Waals surface area contributed by atoms with Crippen LogP contribution in [0, 0.1) is 12.8 Å². The van der Waals surface area contributed by atoms with Crippen molar-refractivity contribution >= 4 is 64.2 Å². The number of rotatable bonds is 25. The molecule has 0 saturated heterocycles. The van der Waals surface area contributed by atoms with Crippen molar-refractivity contribution in [3.05, 3.63) is 136 Å². The molecule has 0 radical (unpaired) electrons. The third kappa shape index (κ3) is 12.8. The van der Waals surface area contributed by atoms with Crippen LogP contribution < -0.4 is 40.1 Å².